The smallest absolute Gasteiger partial charge is 0.123 e. The fourth-order valence-corrected chi connectivity index (χ4v) is 6.53. The number of halogens is 1. The van der Waals surface area contributed by atoms with Crippen molar-refractivity contribution < 1.29 is 4.39 Å². The maximum atomic E-state index is 13.8. The van der Waals surface area contributed by atoms with E-state index in [1.807, 2.05) is 12.1 Å². The summed E-state index contributed by atoms with van der Waals surface area (Å²) in [6.07, 6.45) is 14.2. The highest BCUT2D eigenvalue weighted by Gasteiger charge is 2.46. The number of fused-ring (bicyclic) bond motifs is 5. The summed E-state index contributed by atoms with van der Waals surface area (Å²) >= 11 is 0. The van der Waals surface area contributed by atoms with E-state index < -0.39 is 0 Å². The number of allylic oxidation sites excluding steroid dienone is 8. The summed E-state index contributed by atoms with van der Waals surface area (Å²) in [5, 5.41) is 0. The highest BCUT2D eigenvalue weighted by molar-refractivity contribution is 5.87. The number of rotatable bonds is 3. The van der Waals surface area contributed by atoms with Crippen LogP contribution in [0.1, 0.15) is 50.2 Å². The van der Waals surface area contributed by atoms with E-state index in [4.69, 9.17) is 0 Å². The summed E-state index contributed by atoms with van der Waals surface area (Å²) in [6, 6.07) is 22.6. The zero-order chi connectivity index (χ0) is 24.4. The maximum Gasteiger partial charge on any atom is 0.123 e. The highest BCUT2D eigenvalue weighted by Crippen LogP contribution is 2.60. The number of hydrogen-bond donors (Lipinski definition) is 0. The van der Waals surface area contributed by atoms with Crippen molar-refractivity contribution in [1.82, 2.24) is 0 Å². The molecule has 1 unspecified atom stereocenters. The number of para-hydroxylation sites is 1. The molecule has 7 rings (SSSR count). The third kappa shape index (κ3) is 3.02. The van der Waals surface area contributed by atoms with Gasteiger partial charge in [0.25, 0.3) is 0 Å². The van der Waals surface area contributed by atoms with Crippen LogP contribution >= 0.6 is 0 Å². The number of benzene rings is 3. The quantitative estimate of drug-likeness (QED) is 0.375. The largest absolute Gasteiger partial charge is 0.314 e. The van der Waals surface area contributed by atoms with Crippen LogP contribution in [0.2, 0.25) is 0 Å². The predicted octanol–water partition coefficient (Wildman–Crippen LogP) is 8.94. The van der Waals surface area contributed by atoms with Gasteiger partial charge in [-0.05, 0) is 90.6 Å². The molecule has 178 valence electrons. The first-order valence-electron chi connectivity index (χ1n) is 12.9. The second-order valence-corrected chi connectivity index (χ2v) is 10.6. The van der Waals surface area contributed by atoms with E-state index >= 15 is 0 Å². The van der Waals surface area contributed by atoms with Crippen molar-refractivity contribution in [3.63, 3.8) is 0 Å². The van der Waals surface area contributed by atoms with Crippen LogP contribution < -0.4 is 9.80 Å². The molecule has 0 amide bonds. The fourth-order valence-electron chi connectivity index (χ4n) is 6.53. The third-order valence-electron chi connectivity index (χ3n) is 8.24. The van der Waals surface area contributed by atoms with Crippen LogP contribution in [-0.4, -0.2) is 0 Å². The van der Waals surface area contributed by atoms with Crippen molar-refractivity contribution in [2.75, 3.05) is 9.80 Å². The lowest BCUT2D eigenvalue weighted by molar-refractivity contribution is 0.598. The van der Waals surface area contributed by atoms with Crippen molar-refractivity contribution >= 4 is 22.7 Å². The maximum absolute atomic E-state index is 13.8. The molecule has 1 atom stereocenters. The molecule has 0 spiro atoms. The molecule has 36 heavy (non-hydrogen) atoms. The normalized spacial score (nSPS) is 20.6. The summed E-state index contributed by atoms with van der Waals surface area (Å²) in [7, 11) is 0. The molecule has 2 heterocycles. The van der Waals surface area contributed by atoms with Crippen molar-refractivity contribution in [3.8, 4) is 0 Å². The molecule has 2 aliphatic carbocycles. The first kappa shape index (κ1) is 21.4. The second-order valence-electron chi connectivity index (χ2n) is 10.6. The van der Waals surface area contributed by atoms with Gasteiger partial charge < -0.3 is 9.80 Å². The molecule has 0 bridgehead atoms. The molecule has 4 aliphatic rings. The van der Waals surface area contributed by atoms with Crippen LogP contribution in [0.4, 0.5) is 27.1 Å². The van der Waals surface area contributed by atoms with E-state index in [0.717, 1.165) is 30.6 Å². The highest BCUT2D eigenvalue weighted by atomic mass is 19.1. The van der Waals surface area contributed by atoms with Gasteiger partial charge in [0.05, 0.1) is 0 Å². The van der Waals surface area contributed by atoms with E-state index in [2.05, 4.69) is 96.5 Å². The lowest BCUT2D eigenvalue weighted by Gasteiger charge is -2.42. The van der Waals surface area contributed by atoms with Gasteiger partial charge in [-0.3, -0.25) is 0 Å². The molecule has 2 nitrogen and oxygen atoms in total. The second kappa shape index (κ2) is 7.83. The van der Waals surface area contributed by atoms with Gasteiger partial charge in [-0.15, -0.1) is 0 Å². The summed E-state index contributed by atoms with van der Waals surface area (Å²) in [5.41, 5.74) is 11.5. The summed E-state index contributed by atoms with van der Waals surface area (Å²) in [6.45, 7) is 4.71. The van der Waals surface area contributed by atoms with Crippen molar-refractivity contribution in [1.29, 1.82) is 0 Å². The number of anilines is 4. The molecule has 3 heteroatoms. The van der Waals surface area contributed by atoms with Gasteiger partial charge in [-0.25, -0.2) is 4.39 Å². The van der Waals surface area contributed by atoms with Crippen molar-refractivity contribution in [2.45, 2.75) is 44.4 Å². The Labute approximate surface area is 212 Å². The van der Waals surface area contributed by atoms with Gasteiger partial charge in [-0.1, -0.05) is 56.4 Å². The lowest BCUT2D eigenvalue weighted by atomic mass is 9.70. The van der Waals surface area contributed by atoms with Crippen LogP contribution in [0, 0.1) is 5.82 Å². The van der Waals surface area contributed by atoms with Crippen molar-refractivity contribution in [2.24, 2.45) is 0 Å². The molecule has 0 N–H and O–H groups in total. The van der Waals surface area contributed by atoms with E-state index in [1.165, 1.54) is 39.5 Å². The van der Waals surface area contributed by atoms with E-state index in [9.17, 15) is 4.39 Å². The molecular formula is C33H29FN2. The Morgan fingerprint density at radius 2 is 1.72 bits per heavy atom. The minimum absolute atomic E-state index is 0.0398. The van der Waals surface area contributed by atoms with Crippen molar-refractivity contribution in [3.05, 3.63) is 131 Å². The first-order valence-corrected chi connectivity index (χ1v) is 12.9. The Hall–Kier alpha value is -3.85. The molecule has 0 saturated heterocycles. The summed E-state index contributed by atoms with van der Waals surface area (Å²) in [4.78, 5) is 4.81. The Kier molecular flexibility index (Phi) is 4.66. The predicted molar refractivity (Wildman–Crippen MR) is 147 cm³/mol. The standard InChI is InChI=1S/C33H29FN2/c1-33(2)28-12-6-7-14-31(28)36-30-20-19-25(21-27(30)26-11-8-13-29(33)32(26)36)35(23-9-4-3-5-10-23)24-17-15-22(34)16-18-24/h3-4,6-9,12-21,26H,5,10-11H2,1-2H3. The van der Waals surface area contributed by atoms with Gasteiger partial charge in [-0.2, -0.15) is 0 Å². The number of hydrogen-bond acceptors (Lipinski definition) is 2. The zero-order valence-electron chi connectivity index (χ0n) is 20.7. The summed E-state index contributed by atoms with van der Waals surface area (Å²) in [5.74, 6) is 0.125. The van der Waals surface area contributed by atoms with Crippen LogP contribution in [0.15, 0.2) is 114 Å². The van der Waals surface area contributed by atoms with Gasteiger partial charge in [0.1, 0.15) is 5.82 Å². The Balaban J connectivity index is 1.42. The van der Waals surface area contributed by atoms with Gasteiger partial charge in [0.15, 0.2) is 0 Å². The van der Waals surface area contributed by atoms with Crippen LogP contribution in [0.5, 0.6) is 0 Å². The van der Waals surface area contributed by atoms with Gasteiger partial charge >= 0.3 is 0 Å². The topological polar surface area (TPSA) is 6.48 Å². The van der Waals surface area contributed by atoms with E-state index in [0.29, 0.717) is 5.92 Å². The fraction of sp³-hybridized carbons (Fsp3) is 0.212. The lowest BCUT2D eigenvalue weighted by Crippen LogP contribution is -2.33. The monoisotopic (exact) mass is 472 g/mol. The third-order valence-corrected chi connectivity index (χ3v) is 8.24. The van der Waals surface area contributed by atoms with E-state index in [1.54, 1.807) is 12.1 Å². The summed E-state index contributed by atoms with van der Waals surface area (Å²) < 4.78 is 13.8. The first-order chi connectivity index (χ1) is 17.5. The molecule has 0 fully saturated rings. The minimum Gasteiger partial charge on any atom is -0.314 e. The van der Waals surface area contributed by atoms with E-state index in [-0.39, 0.29) is 11.2 Å². The minimum atomic E-state index is -0.211. The van der Waals surface area contributed by atoms with Gasteiger partial charge in [0, 0.05) is 45.5 Å². The molecular weight excluding hydrogens is 443 g/mol. The number of nitrogens with zero attached hydrogens (tertiary/aromatic N) is 2. The molecule has 3 aromatic carbocycles. The van der Waals surface area contributed by atoms with Crippen LogP contribution in [0.3, 0.4) is 0 Å². The Bertz CT molecular complexity index is 1500. The SMILES string of the molecule is CC1(C)C2=C3C(CC=C2)c2cc(N(C4=CC=CCC4)c4ccc(F)cc4)ccc2N3c2ccccc21. The molecule has 0 saturated carbocycles. The average Bonchev–Trinajstić information content (AvgIpc) is 3.24. The Morgan fingerprint density at radius 3 is 2.53 bits per heavy atom. The van der Waals surface area contributed by atoms with Gasteiger partial charge in [0.2, 0.25) is 0 Å². The average molecular weight is 473 g/mol. The Morgan fingerprint density at radius 1 is 0.917 bits per heavy atom. The molecule has 0 aromatic heterocycles. The van der Waals surface area contributed by atoms with Crippen LogP contribution in [-0.2, 0) is 5.41 Å². The molecule has 3 aromatic rings. The van der Waals surface area contributed by atoms with Crippen LogP contribution in [0.25, 0.3) is 0 Å². The molecule has 0 radical (unpaired) electrons. The zero-order valence-corrected chi connectivity index (χ0v) is 20.7. The molecule has 2 aliphatic heterocycles.